The van der Waals surface area contributed by atoms with Gasteiger partial charge in [0.1, 0.15) is 6.29 Å². The van der Waals surface area contributed by atoms with Crippen LogP contribution < -0.4 is 0 Å². The van der Waals surface area contributed by atoms with Gasteiger partial charge in [-0.2, -0.15) is 0 Å². The minimum Gasteiger partial charge on any atom is -0.466 e. The minimum absolute atomic E-state index is 0.0536. The fourth-order valence-corrected chi connectivity index (χ4v) is 2.32. The van der Waals surface area contributed by atoms with Crippen LogP contribution in [0, 0.1) is 0 Å². The van der Waals surface area contributed by atoms with Gasteiger partial charge in [0.25, 0.3) is 0 Å². The summed E-state index contributed by atoms with van der Waals surface area (Å²) in [7, 11) is 0. The average Bonchev–Trinajstić information content (AvgIpc) is 2.44. The molecule has 0 amide bonds. The van der Waals surface area contributed by atoms with E-state index in [1.54, 1.807) is 0 Å². The van der Waals surface area contributed by atoms with Crippen molar-refractivity contribution in [2.75, 3.05) is 6.61 Å². The first-order valence-corrected chi connectivity index (χ1v) is 8.40. The van der Waals surface area contributed by atoms with Crippen molar-refractivity contribution in [2.45, 2.75) is 90.4 Å². The van der Waals surface area contributed by atoms with E-state index in [-0.39, 0.29) is 5.97 Å². The number of hydrogen-bond acceptors (Lipinski definition) is 3. The van der Waals surface area contributed by atoms with E-state index in [1.807, 2.05) is 6.92 Å². The molecule has 3 nitrogen and oxygen atoms in total. The van der Waals surface area contributed by atoms with Crippen molar-refractivity contribution in [2.24, 2.45) is 0 Å². The van der Waals surface area contributed by atoms with Crippen molar-refractivity contribution in [3.63, 3.8) is 0 Å². The Morgan fingerprint density at radius 2 is 1.25 bits per heavy atom. The summed E-state index contributed by atoms with van der Waals surface area (Å²) in [6.07, 6.45) is 15.8. The molecule has 0 aliphatic carbocycles. The van der Waals surface area contributed by atoms with Gasteiger partial charge >= 0.3 is 5.97 Å². The molecule has 0 fully saturated rings. The van der Waals surface area contributed by atoms with Gasteiger partial charge in [0.2, 0.25) is 0 Å². The summed E-state index contributed by atoms with van der Waals surface area (Å²) in [5.41, 5.74) is 0. The molecule has 0 saturated heterocycles. The van der Waals surface area contributed by atoms with E-state index >= 15 is 0 Å². The predicted molar refractivity (Wildman–Crippen MR) is 82.7 cm³/mol. The van der Waals surface area contributed by atoms with Crippen LogP contribution >= 0.6 is 0 Å². The van der Waals surface area contributed by atoms with Crippen LogP contribution in [-0.4, -0.2) is 18.9 Å². The number of ether oxygens (including phenoxy) is 1. The first-order valence-electron chi connectivity index (χ1n) is 8.40. The highest BCUT2D eigenvalue weighted by Gasteiger charge is 2.00. The number of aldehydes is 1. The maximum absolute atomic E-state index is 11.1. The normalized spacial score (nSPS) is 10.4. The van der Waals surface area contributed by atoms with Gasteiger partial charge in [-0.3, -0.25) is 4.79 Å². The lowest BCUT2D eigenvalue weighted by atomic mass is 10.0. The summed E-state index contributed by atoms with van der Waals surface area (Å²) in [6, 6.07) is 0. The van der Waals surface area contributed by atoms with Gasteiger partial charge in [-0.1, -0.05) is 57.8 Å². The minimum atomic E-state index is -0.0536. The fourth-order valence-electron chi connectivity index (χ4n) is 2.32. The van der Waals surface area contributed by atoms with Crippen molar-refractivity contribution in [1.29, 1.82) is 0 Å². The molecule has 0 saturated carbocycles. The highest BCUT2D eigenvalue weighted by atomic mass is 16.5. The first-order chi connectivity index (χ1) is 9.81. The summed E-state index contributed by atoms with van der Waals surface area (Å²) in [4.78, 5) is 21.2. The molecule has 0 aliphatic rings. The van der Waals surface area contributed by atoms with Crippen LogP contribution in [0.5, 0.6) is 0 Å². The van der Waals surface area contributed by atoms with Crippen LogP contribution in [0.2, 0.25) is 0 Å². The molecular formula is C17H32O3. The summed E-state index contributed by atoms with van der Waals surface area (Å²) >= 11 is 0. The lowest BCUT2D eigenvalue weighted by Crippen LogP contribution is -2.03. The van der Waals surface area contributed by atoms with E-state index in [9.17, 15) is 9.59 Å². The smallest absolute Gasteiger partial charge is 0.305 e. The third-order valence-electron chi connectivity index (χ3n) is 3.51. The van der Waals surface area contributed by atoms with Gasteiger partial charge in [0, 0.05) is 12.8 Å². The largest absolute Gasteiger partial charge is 0.466 e. The van der Waals surface area contributed by atoms with Crippen molar-refractivity contribution >= 4 is 12.3 Å². The SMILES string of the molecule is CCOC(=O)CCCCCCCCCCCCCC=O. The molecule has 118 valence electrons. The van der Waals surface area contributed by atoms with Crippen LogP contribution in [0.15, 0.2) is 0 Å². The molecule has 0 aromatic heterocycles. The van der Waals surface area contributed by atoms with Gasteiger partial charge in [-0.05, 0) is 19.8 Å². The Kier molecular flexibility index (Phi) is 15.5. The summed E-state index contributed by atoms with van der Waals surface area (Å²) in [5.74, 6) is -0.0536. The molecule has 3 heteroatoms. The monoisotopic (exact) mass is 284 g/mol. The number of esters is 1. The molecule has 20 heavy (non-hydrogen) atoms. The van der Waals surface area contributed by atoms with Crippen molar-refractivity contribution in [3.8, 4) is 0 Å². The third-order valence-corrected chi connectivity index (χ3v) is 3.51. The van der Waals surface area contributed by atoms with Gasteiger partial charge < -0.3 is 9.53 Å². The molecular weight excluding hydrogens is 252 g/mol. The molecule has 0 radical (unpaired) electrons. The van der Waals surface area contributed by atoms with E-state index in [4.69, 9.17) is 4.74 Å². The Morgan fingerprint density at radius 1 is 0.800 bits per heavy atom. The van der Waals surface area contributed by atoms with Gasteiger partial charge in [0.15, 0.2) is 0 Å². The van der Waals surface area contributed by atoms with Crippen LogP contribution in [0.1, 0.15) is 90.4 Å². The number of rotatable bonds is 15. The molecule has 0 bridgehead atoms. The Labute approximate surface area is 124 Å². The molecule has 0 aliphatic heterocycles. The van der Waals surface area contributed by atoms with Crippen LogP contribution in [-0.2, 0) is 14.3 Å². The number of unbranched alkanes of at least 4 members (excludes halogenated alkanes) is 11. The van der Waals surface area contributed by atoms with Crippen LogP contribution in [0.25, 0.3) is 0 Å². The molecule has 0 rings (SSSR count). The van der Waals surface area contributed by atoms with Crippen molar-refractivity contribution < 1.29 is 14.3 Å². The topological polar surface area (TPSA) is 43.4 Å². The standard InChI is InChI=1S/C17H32O3/c1-2-20-17(19)15-13-11-9-7-5-3-4-6-8-10-12-14-16-18/h16H,2-15H2,1H3. The average molecular weight is 284 g/mol. The molecule has 0 aromatic rings. The molecule has 0 heterocycles. The Bertz CT molecular complexity index is 226. The summed E-state index contributed by atoms with van der Waals surface area (Å²) in [5, 5.41) is 0. The third kappa shape index (κ3) is 15.2. The van der Waals surface area contributed by atoms with Crippen molar-refractivity contribution in [3.05, 3.63) is 0 Å². The molecule has 0 N–H and O–H groups in total. The Morgan fingerprint density at radius 3 is 1.70 bits per heavy atom. The lowest BCUT2D eigenvalue weighted by Gasteiger charge is -2.03. The summed E-state index contributed by atoms with van der Waals surface area (Å²) in [6.45, 7) is 2.34. The molecule has 0 atom stereocenters. The second kappa shape index (κ2) is 16.2. The number of hydrogen-bond donors (Lipinski definition) is 0. The van der Waals surface area contributed by atoms with E-state index in [2.05, 4.69) is 0 Å². The summed E-state index contributed by atoms with van der Waals surface area (Å²) < 4.78 is 4.89. The van der Waals surface area contributed by atoms with Crippen LogP contribution in [0.4, 0.5) is 0 Å². The first kappa shape index (κ1) is 19.1. The molecule has 0 spiro atoms. The van der Waals surface area contributed by atoms with E-state index in [0.717, 1.165) is 32.0 Å². The zero-order chi connectivity index (χ0) is 14.9. The predicted octanol–water partition coefficient (Wildman–Crippen LogP) is 4.82. The maximum atomic E-state index is 11.1. The Balaban J connectivity index is 3.02. The number of carbonyl (C=O) groups is 2. The quantitative estimate of drug-likeness (QED) is 0.246. The number of carbonyl (C=O) groups excluding carboxylic acids is 2. The van der Waals surface area contributed by atoms with E-state index in [1.165, 1.54) is 51.4 Å². The highest BCUT2D eigenvalue weighted by molar-refractivity contribution is 5.69. The maximum Gasteiger partial charge on any atom is 0.305 e. The molecule has 0 unspecified atom stereocenters. The zero-order valence-electron chi connectivity index (χ0n) is 13.2. The highest BCUT2D eigenvalue weighted by Crippen LogP contribution is 2.12. The van der Waals surface area contributed by atoms with E-state index in [0.29, 0.717) is 13.0 Å². The zero-order valence-corrected chi connectivity index (χ0v) is 13.2. The van der Waals surface area contributed by atoms with Gasteiger partial charge in [-0.25, -0.2) is 0 Å². The lowest BCUT2D eigenvalue weighted by molar-refractivity contribution is -0.143. The van der Waals surface area contributed by atoms with Crippen molar-refractivity contribution in [1.82, 2.24) is 0 Å². The second-order valence-corrected chi connectivity index (χ2v) is 5.40. The Hall–Kier alpha value is -0.860. The second-order valence-electron chi connectivity index (χ2n) is 5.40. The van der Waals surface area contributed by atoms with Gasteiger partial charge in [0.05, 0.1) is 6.61 Å². The van der Waals surface area contributed by atoms with E-state index < -0.39 is 0 Å². The van der Waals surface area contributed by atoms with Gasteiger partial charge in [-0.15, -0.1) is 0 Å². The molecule has 0 aromatic carbocycles. The van der Waals surface area contributed by atoms with Crippen LogP contribution in [0.3, 0.4) is 0 Å². The fraction of sp³-hybridized carbons (Fsp3) is 0.882.